The Labute approximate surface area is 179 Å². The molecule has 3 aliphatic heterocycles. The molecule has 1 aromatic heterocycles. The highest BCUT2D eigenvalue weighted by molar-refractivity contribution is 6.20. The number of likely N-dealkylation sites (tertiary alicyclic amines) is 1. The third-order valence-corrected chi connectivity index (χ3v) is 6.39. The first kappa shape index (κ1) is 19.7. The molecule has 9 heteroatoms. The summed E-state index contributed by atoms with van der Waals surface area (Å²) in [5.41, 5.74) is 1.31. The summed E-state index contributed by atoms with van der Waals surface area (Å²) in [7, 11) is 0. The molecule has 3 amide bonds. The Morgan fingerprint density at radius 2 is 1.87 bits per heavy atom. The number of hydrogen-bond donors (Lipinski definition) is 0. The number of halogens is 1. The summed E-state index contributed by atoms with van der Waals surface area (Å²) in [6.07, 6.45) is 4.69. The van der Waals surface area contributed by atoms with Crippen LogP contribution in [0.15, 0.2) is 35.5 Å². The minimum atomic E-state index is -0.354. The Hall–Kier alpha value is -3.23. The van der Waals surface area contributed by atoms with Crippen molar-refractivity contribution < 1.29 is 14.0 Å². The van der Waals surface area contributed by atoms with Crippen molar-refractivity contribution in [3.63, 3.8) is 0 Å². The Balaban J connectivity index is 1.55. The maximum atomic E-state index is 13.5. The standard InChI is InChI=1S/C22H25FN6O2/c1-14-4-3-5-15(2)28(14)19(30)13-27-21-18(20-24-10-11-26(20)22(27)31)12-25-29(21)17-8-6-16(23)7-9-17/h6-9,12,14-15H,3-5,10-11,13H2,1-2H3. The summed E-state index contributed by atoms with van der Waals surface area (Å²) < 4.78 is 15.0. The zero-order chi connectivity index (χ0) is 21.7. The van der Waals surface area contributed by atoms with Crippen molar-refractivity contribution in [1.29, 1.82) is 0 Å². The lowest BCUT2D eigenvalue weighted by Crippen LogP contribution is -2.56. The molecule has 1 saturated heterocycles. The van der Waals surface area contributed by atoms with E-state index in [1.807, 2.05) is 4.90 Å². The van der Waals surface area contributed by atoms with Crippen molar-refractivity contribution in [2.24, 2.45) is 4.99 Å². The van der Waals surface area contributed by atoms with E-state index in [0.29, 0.717) is 36.0 Å². The quantitative estimate of drug-likeness (QED) is 0.761. The summed E-state index contributed by atoms with van der Waals surface area (Å²) in [6.45, 7) is 5.05. The first-order chi connectivity index (χ1) is 15.0. The van der Waals surface area contributed by atoms with E-state index in [1.54, 1.807) is 27.9 Å². The predicted octanol–water partition coefficient (Wildman–Crippen LogP) is 2.80. The van der Waals surface area contributed by atoms with Gasteiger partial charge in [0.1, 0.15) is 18.2 Å². The highest BCUT2D eigenvalue weighted by atomic mass is 19.1. The van der Waals surface area contributed by atoms with Crippen molar-refractivity contribution in [1.82, 2.24) is 19.6 Å². The highest BCUT2D eigenvalue weighted by Gasteiger charge is 2.42. The van der Waals surface area contributed by atoms with Crippen molar-refractivity contribution in [2.45, 2.75) is 45.2 Å². The van der Waals surface area contributed by atoms with Crippen LogP contribution in [-0.2, 0) is 4.79 Å². The van der Waals surface area contributed by atoms with Gasteiger partial charge < -0.3 is 4.90 Å². The number of aliphatic imine (C=N–C) groups is 1. The smallest absolute Gasteiger partial charge is 0.331 e. The van der Waals surface area contributed by atoms with Crippen molar-refractivity contribution in [3.05, 3.63) is 41.8 Å². The number of amides is 3. The zero-order valence-electron chi connectivity index (χ0n) is 17.7. The molecule has 0 bridgehead atoms. The molecule has 31 heavy (non-hydrogen) atoms. The molecular weight excluding hydrogens is 399 g/mol. The third kappa shape index (κ3) is 3.19. The van der Waals surface area contributed by atoms with E-state index < -0.39 is 0 Å². The lowest BCUT2D eigenvalue weighted by Gasteiger charge is -2.41. The number of hydrogen-bond acceptors (Lipinski definition) is 4. The second-order valence-electron chi connectivity index (χ2n) is 8.43. The first-order valence-electron chi connectivity index (χ1n) is 10.7. The maximum Gasteiger partial charge on any atom is 0.331 e. The van der Waals surface area contributed by atoms with Crippen LogP contribution in [-0.4, -0.2) is 69.1 Å². The van der Waals surface area contributed by atoms with Gasteiger partial charge in [0.2, 0.25) is 5.91 Å². The lowest BCUT2D eigenvalue weighted by atomic mass is 9.97. The molecule has 4 heterocycles. The maximum absolute atomic E-state index is 13.5. The van der Waals surface area contributed by atoms with Crippen LogP contribution in [0.5, 0.6) is 0 Å². The average molecular weight is 424 g/mol. The van der Waals surface area contributed by atoms with Gasteiger partial charge in [0.05, 0.1) is 24.0 Å². The lowest BCUT2D eigenvalue weighted by molar-refractivity contribution is -0.135. The summed E-state index contributed by atoms with van der Waals surface area (Å²) in [6, 6.07) is 5.90. The molecule has 0 spiro atoms. The topological polar surface area (TPSA) is 74.0 Å². The number of aromatic nitrogens is 2. The number of nitrogens with zero attached hydrogens (tertiary/aromatic N) is 6. The molecule has 5 rings (SSSR count). The fourth-order valence-electron chi connectivity index (χ4n) is 4.90. The van der Waals surface area contributed by atoms with Gasteiger partial charge in [-0.3, -0.25) is 19.6 Å². The van der Waals surface area contributed by atoms with E-state index in [-0.39, 0.29) is 36.4 Å². The molecule has 2 atom stereocenters. The van der Waals surface area contributed by atoms with Crippen molar-refractivity contribution in [2.75, 3.05) is 24.5 Å². The largest absolute Gasteiger partial charge is 0.336 e. The van der Waals surface area contributed by atoms with Gasteiger partial charge in [0.25, 0.3) is 0 Å². The molecule has 2 aromatic rings. The SMILES string of the molecule is CC1CCCC(C)N1C(=O)CN1C(=O)N2CCN=C2c2cnn(-c3ccc(F)cc3)c21. The number of carbonyl (C=O) groups is 2. The number of urea groups is 1. The second-order valence-corrected chi connectivity index (χ2v) is 8.43. The van der Waals surface area contributed by atoms with E-state index >= 15 is 0 Å². The molecule has 2 unspecified atom stereocenters. The van der Waals surface area contributed by atoms with Crippen molar-refractivity contribution in [3.8, 4) is 5.69 Å². The normalized spacial score (nSPS) is 23.0. The number of fused-ring (bicyclic) bond motifs is 3. The molecule has 8 nitrogen and oxygen atoms in total. The Bertz CT molecular complexity index is 1050. The van der Waals surface area contributed by atoms with Crippen LogP contribution >= 0.6 is 0 Å². The third-order valence-electron chi connectivity index (χ3n) is 6.39. The van der Waals surface area contributed by atoms with Gasteiger partial charge in [-0.1, -0.05) is 0 Å². The minimum absolute atomic E-state index is 0.0722. The van der Waals surface area contributed by atoms with Crippen LogP contribution in [0.1, 0.15) is 38.7 Å². The van der Waals surface area contributed by atoms with Crippen LogP contribution in [0.2, 0.25) is 0 Å². The molecule has 0 N–H and O–H groups in total. The summed E-state index contributed by atoms with van der Waals surface area (Å²) in [5, 5.41) is 4.46. The van der Waals surface area contributed by atoms with Gasteiger partial charge in [-0.05, 0) is 57.4 Å². The fourth-order valence-corrected chi connectivity index (χ4v) is 4.90. The number of rotatable bonds is 3. The highest BCUT2D eigenvalue weighted by Crippen LogP contribution is 2.33. The number of piperidine rings is 1. The molecule has 162 valence electrons. The fraction of sp³-hybridized carbons (Fsp3) is 0.455. The number of benzene rings is 1. The van der Waals surface area contributed by atoms with E-state index in [4.69, 9.17) is 0 Å². The van der Waals surface area contributed by atoms with E-state index in [2.05, 4.69) is 23.9 Å². The van der Waals surface area contributed by atoms with Gasteiger partial charge >= 0.3 is 6.03 Å². The molecule has 0 radical (unpaired) electrons. The molecule has 1 aromatic carbocycles. The van der Waals surface area contributed by atoms with Gasteiger partial charge in [0.15, 0.2) is 5.82 Å². The number of carbonyl (C=O) groups excluding carboxylic acids is 2. The molecule has 3 aliphatic rings. The summed E-state index contributed by atoms with van der Waals surface area (Å²) in [5.74, 6) is 0.647. The Morgan fingerprint density at radius 3 is 2.58 bits per heavy atom. The number of amidine groups is 1. The van der Waals surface area contributed by atoms with Crippen molar-refractivity contribution >= 4 is 23.6 Å². The van der Waals surface area contributed by atoms with Gasteiger partial charge in [-0.15, -0.1) is 0 Å². The monoisotopic (exact) mass is 424 g/mol. The molecule has 1 fully saturated rings. The molecular formula is C22H25FN6O2. The van der Waals surface area contributed by atoms with Crippen LogP contribution in [0, 0.1) is 5.82 Å². The molecule has 0 saturated carbocycles. The van der Waals surface area contributed by atoms with Crippen LogP contribution in [0.3, 0.4) is 0 Å². The molecule has 0 aliphatic carbocycles. The Kier molecular flexibility index (Phi) is 4.75. The van der Waals surface area contributed by atoms with Crippen LogP contribution in [0.4, 0.5) is 15.0 Å². The zero-order valence-corrected chi connectivity index (χ0v) is 17.7. The van der Waals surface area contributed by atoms with E-state index in [1.165, 1.54) is 17.0 Å². The van der Waals surface area contributed by atoms with Gasteiger partial charge in [-0.25, -0.2) is 13.9 Å². The van der Waals surface area contributed by atoms with Gasteiger partial charge in [-0.2, -0.15) is 5.10 Å². The first-order valence-corrected chi connectivity index (χ1v) is 10.7. The van der Waals surface area contributed by atoms with E-state index in [0.717, 1.165) is 19.3 Å². The van der Waals surface area contributed by atoms with Crippen LogP contribution in [0.25, 0.3) is 5.69 Å². The number of anilines is 1. The average Bonchev–Trinajstić information content (AvgIpc) is 3.39. The predicted molar refractivity (Wildman–Crippen MR) is 114 cm³/mol. The summed E-state index contributed by atoms with van der Waals surface area (Å²) >= 11 is 0. The van der Waals surface area contributed by atoms with Gasteiger partial charge in [0, 0.05) is 18.6 Å². The van der Waals surface area contributed by atoms with Crippen LogP contribution < -0.4 is 4.90 Å². The minimum Gasteiger partial charge on any atom is -0.336 e. The summed E-state index contributed by atoms with van der Waals surface area (Å²) in [4.78, 5) is 36.2. The van der Waals surface area contributed by atoms with E-state index in [9.17, 15) is 14.0 Å². The second kappa shape index (κ2) is 7.47. The Morgan fingerprint density at radius 1 is 1.16 bits per heavy atom.